The summed E-state index contributed by atoms with van der Waals surface area (Å²) in [7, 11) is 0. The van der Waals surface area contributed by atoms with Crippen LogP contribution in [0.15, 0.2) is 24.3 Å². The molecule has 3 aliphatic rings. The van der Waals surface area contributed by atoms with E-state index in [0.29, 0.717) is 6.42 Å². The molecule has 3 amide bonds. The Morgan fingerprint density at radius 2 is 1.88 bits per heavy atom. The standard InChI is InChI=1S/C20H23N3O3/c24-11-17-18-14(13-8-4-5-9-15(13)21-18)10-16-19(25)22(20(26)23(16)17)12-6-2-1-3-7-12/h4-5,8-9,12,16-17,21,24H,1-3,6-7,10-11H2. The summed E-state index contributed by atoms with van der Waals surface area (Å²) in [6.45, 7) is -0.187. The Morgan fingerprint density at radius 3 is 2.65 bits per heavy atom. The first kappa shape index (κ1) is 15.9. The van der Waals surface area contributed by atoms with Crippen LogP contribution >= 0.6 is 0 Å². The summed E-state index contributed by atoms with van der Waals surface area (Å²) in [5, 5.41) is 11.1. The number of aliphatic hydroxyl groups excluding tert-OH is 1. The Morgan fingerprint density at radius 1 is 1.12 bits per heavy atom. The Hall–Kier alpha value is -2.34. The van der Waals surface area contributed by atoms with Crippen molar-refractivity contribution in [1.29, 1.82) is 0 Å². The molecular weight excluding hydrogens is 330 g/mol. The number of hydrogen-bond acceptors (Lipinski definition) is 3. The summed E-state index contributed by atoms with van der Waals surface area (Å²) in [4.78, 5) is 32.8. The molecule has 2 aliphatic heterocycles. The van der Waals surface area contributed by atoms with Crippen LogP contribution in [-0.2, 0) is 11.2 Å². The molecule has 0 bridgehead atoms. The molecule has 136 valence electrons. The predicted molar refractivity (Wildman–Crippen MR) is 96.6 cm³/mol. The second-order valence-electron chi connectivity index (χ2n) is 7.67. The summed E-state index contributed by atoms with van der Waals surface area (Å²) in [5.74, 6) is -0.0868. The highest BCUT2D eigenvalue weighted by atomic mass is 16.3. The maximum atomic E-state index is 13.2. The van der Waals surface area contributed by atoms with Crippen molar-refractivity contribution in [2.45, 2.75) is 56.7 Å². The maximum Gasteiger partial charge on any atom is 0.328 e. The van der Waals surface area contributed by atoms with Crippen LogP contribution in [0.3, 0.4) is 0 Å². The molecule has 6 nitrogen and oxygen atoms in total. The molecule has 2 fully saturated rings. The number of aromatic amines is 1. The van der Waals surface area contributed by atoms with Crippen molar-refractivity contribution >= 4 is 22.8 Å². The van der Waals surface area contributed by atoms with Gasteiger partial charge in [0.15, 0.2) is 0 Å². The highest BCUT2D eigenvalue weighted by Crippen LogP contribution is 2.42. The van der Waals surface area contributed by atoms with Gasteiger partial charge in [-0.1, -0.05) is 37.5 Å². The molecule has 2 atom stereocenters. The van der Waals surface area contributed by atoms with E-state index < -0.39 is 12.1 Å². The summed E-state index contributed by atoms with van der Waals surface area (Å²) in [6, 6.07) is 6.78. The molecule has 3 heterocycles. The van der Waals surface area contributed by atoms with Gasteiger partial charge in [-0.15, -0.1) is 0 Å². The van der Waals surface area contributed by atoms with E-state index >= 15 is 0 Å². The highest BCUT2D eigenvalue weighted by Gasteiger charge is 2.53. The van der Waals surface area contributed by atoms with Gasteiger partial charge in [-0.05, 0) is 24.5 Å². The van der Waals surface area contributed by atoms with Gasteiger partial charge in [0.1, 0.15) is 6.04 Å². The molecule has 0 spiro atoms. The Bertz CT molecular complexity index is 884. The van der Waals surface area contributed by atoms with Gasteiger partial charge < -0.3 is 15.0 Å². The predicted octanol–water partition coefficient (Wildman–Crippen LogP) is 2.72. The lowest BCUT2D eigenvalue weighted by Crippen LogP contribution is -2.45. The lowest BCUT2D eigenvalue weighted by molar-refractivity contribution is -0.130. The topological polar surface area (TPSA) is 76.6 Å². The number of fused-ring (bicyclic) bond motifs is 4. The number of nitrogens with zero attached hydrogens (tertiary/aromatic N) is 2. The molecule has 0 radical (unpaired) electrons. The fraction of sp³-hybridized carbons (Fsp3) is 0.500. The summed E-state index contributed by atoms with van der Waals surface area (Å²) in [6.07, 6.45) is 5.63. The number of aliphatic hydroxyl groups is 1. The van der Waals surface area contributed by atoms with Crippen LogP contribution in [0.4, 0.5) is 4.79 Å². The van der Waals surface area contributed by atoms with Gasteiger partial charge in [-0.25, -0.2) is 4.79 Å². The lowest BCUT2D eigenvalue weighted by Gasteiger charge is -2.34. The first-order valence-corrected chi connectivity index (χ1v) is 9.56. The van der Waals surface area contributed by atoms with Crippen LogP contribution in [-0.4, -0.2) is 50.5 Å². The van der Waals surface area contributed by atoms with Crippen LogP contribution in [0.5, 0.6) is 0 Å². The lowest BCUT2D eigenvalue weighted by atomic mass is 9.92. The molecule has 1 aromatic heterocycles. The van der Waals surface area contributed by atoms with Crippen molar-refractivity contribution in [2.24, 2.45) is 0 Å². The van der Waals surface area contributed by atoms with E-state index in [1.165, 1.54) is 11.3 Å². The summed E-state index contributed by atoms with van der Waals surface area (Å²) in [5.41, 5.74) is 2.92. The third-order valence-electron chi connectivity index (χ3n) is 6.31. The molecule has 1 saturated heterocycles. The molecule has 1 aliphatic carbocycles. The number of imide groups is 1. The number of carbonyl (C=O) groups is 2. The smallest absolute Gasteiger partial charge is 0.328 e. The third kappa shape index (κ3) is 2.08. The molecule has 6 heteroatoms. The van der Waals surface area contributed by atoms with Crippen molar-refractivity contribution in [3.05, 3.63) is 35.5 Å². The van der Waals surface area contributed by atoms with Crippen LogP contribution in [0.1, 0.15) is 49.4 Å². The van der Waals surface area contributed by atoms with E-state index in [2.05, 4.69) is 4.98 Å². The molecule has 5 rings (SSSR count). The van der Waals surface area contributed by atoms with Gasteiger partial charge in [-0.2, -0.15) is 0 Å². The number of amides is 3. The van der Waals surface area contributed by atoms with Gasteiger partial charge in [0.2, 0.25) is 0 Å². The maximum absolute atomic E-state index is 13.2. The fourth-order valence-electron chi connectivity index (χ4n) is 5.08. The minimum Gasteiger partial charge on any atom is -0.394 e. The van der Waals surface area contributed by atoms with Gasteiger partial charge in [0.25, 0.3) is 5.91 Å². The van der Waals surface area contributed by atoms with E-state index in [1.54, 1.807) is 4.90 Å². The first-order valence-electron chi connectivity index (χ1n) is 9.56. The van der Waals surface area contributed by atoms with Crippen molar-refractivity contribution in [3.8, 4) is 0 Å². The SMILES string of the molecule is O=C1C2Cc3c([nH]c4ccccc34)C(CO)N2C(=O)N1C1CCCCC1. The van der Waals surface area contributed by atoms with Crippen LogP contribution in [0.25, 0.3) is 10.9 Å². The molecule has 1 saturated carbocycles. The van der Waals surface area contributed by atoms with Crippen LogP contribution in [0, 0.1) is 0 Å². The van der Waals surface area contributed by atoms with Crippen molar-refractivity contribution < 1.29 is 14.7 Å². The fourth-order valence-corrected chi connectivity index (χ4v) is 5.08. The van der Waals surface area contributed by atoms with Crippen LogP contribution < -0.4 is 0 Å². The average molecular weight is 353 g/mol. The second kappa shape index (κ2) is 5.84. The average Bonchev–Trinajstić information content (AvgIpc) is 3.16. The Labute approximate surface area is 151 Å². The Balaban J connectivity index is 1.57. The summed E-state index contributed by atoms with van der Waals surface area (Å²) < 4.78 is 0. The molecule has 2 N–H and O–H groups in total. The second-order valence-corrected chi connectivity index (χ2v) is 7.67. The van der Waals surface area contributed by atoms with Crippen LogP contribution in [0.2, 0.25) is 0 Å². The minimum atomic E-state index is -0.492. The number of aromatic nitrogens is 1. The van der Waals surface area contributed by atoms with E-state index in [9.17, 15) is 14.7 Å². The van der Waals surface area contributed by atoms with Gasteiger partial charge in [-0.3, -0.25) is 9.69 Å². The zero-order chi connectivity index (χ0) is 17.8. The van der Waals surface area contributed by atoms with Crippen molar-refractivity contribution in [1.82, 2.24) is 14.8 Å². The molecule has 2 unspecified atom stereocenters. The monoisotopic (exact) mass is 353 g/mol. The number of para-hydroxylation sites is 1. The van der Waals surface area contributed by atoms with E-state index in [4.69, 9.17) is 0 Å². The van der Waals surface area contributed by atoms with Gasteiger partial charge in [0.05, 0.1) is 12.6 Å². The minimum absolute atomic E-state index is 0.0174. The Kier molecular flexibility index (Phi) is 3.57. The van der Waals surface area contributed by atoms with E-state index in [-0.39, 0.29) is 24.6 Å². The number of urea groups is 1. The largest absolute Gasteiger partial charge is 0.394 e. The number of rotatable bonds is 2. The zero-order valence-corrected chi connectivity index (χ0v) is 14.6. The van der Waals surface area contributed by atoms with Crippen molar-refractivity contribution in [2.75, 3.05) is 6.61 Å². The quantitative estimate of drug-likeness (QED) is 0.815. The number of benzene rings is 1. The molecule has 1 aromatic carbocycles. The number of carbonyl (C=O) groups excluding carboxylic acids is 2. The van der Waals surface area contributed by atoms with Crippen molar-refractivity contribution in [3.63, 3.8) is 0 Å². The summed E-state index contributed by atoms with van der Waals surface area (Å²) >= 11 is 0. The van der Waals surface area contributed by atoms with E-state index in [1.807, 2.05) is 24.3 Å². The van der Waals surface area contributed by atoms with Gasteiger partial charge >= 0.3 is 6.03 Å². The zero-order valence-electron chi connectivity index (χ0n) is 14.6. The highest BCUT2D eigenvalue weighted by molar-refractivity contribution is 6.06. The van der Waals surface area contributed by atoms with Gasteiger partial charge in [0, 0.05) is 29.1 Å². The normalized spacial score (nSPS) is 26.5. The molecule has 2 aromatic rings. The van der Waals surface area contributed by atoms with E-state index in [0.717, 1.165) is 47.8 Å². The molecule has 26 heavy (non-hydrogen) atoms. The third-order valence-corrected chi connectivity index (χ3v) is 6.31. The number of nitrogens with one attached hydrogen (secondary N) is 1. The number of H-pyrrole nitrogens is 1. The first-order chi connectivity index (χ1) is 12.7. The number of hydrogen-bond donors (Lipinski definition) is 2. The molecular formula is C20H23N3O3.